The molecule has 0 spiro atoms. The molecule has 3 unspecified atom stereocenters. The van der Waals surface area contributed by atoms with Crippen LogP contribution in [0.5, 0.6) is 5.75 Å². The number of phenolic OH excluding ortho intramolecular Hbond substituents is 1. The lowest BCUT2D eigenvalue weighted by Gasteiger charge is -2.25. The molecule has 0 saturated carbocycles. The average Bonchev–Trinajstić information content (AvgIpc) is 3.21. The SMILES string of the molecule is CC(C)C(NC(=O)C(N)Cc1ccc(O)cc1)C(=O)NCC(=O)N1CCCC1C(=O)O. The molecule has 10 heteroatoms. The van der Waals surface area contributed by atoms with Gasteiger partial charge in [-0.1, -0.05) is 26.0 Å². The van der Waals surface area contributed by atoms with Gasteiger partial charge in [-0.3, -0.25) is 14.4 Å². The van der Waals surface area contributed by atoms with E-state index in [0.717, 1.165) is 5.56 Å². The Morgan fingerprint density at radius 1 is 1.16 bits per heavy atom. The molecule has 2 rings (SSSR count). The fourth-order valence-electron chi connectivity index (χ4n) is 3.47. The van der Waals surface area contributed by atoms with Crippen LogP contribution >= 0.6 is 0 Å². The number of carboxylic acid groups (broad SMARTS) is 1. The van der Waals surface area contributed by atoms with E-state index in [-0.39, 0.29) is 24.6 Å². The number of amides is 3. The second-order valence-corrected chi connectivity index (χ2v) is 8.01. The number of hydrogen-bond donors (Lipinski definition) is 5. The number of phenols is 1. The molecule has 1 aliphatic rings. The van der Waals surface area contributed by atoms with Crippen molar-refractivity contribution < 1.29 is 29.4 Å². The molecule has 1 aromatic carbocycles. The third kappa shape index (κ3) is 6.68. The topological polar surface area (TPSA) is 162 Å². The minimum atomic E-state index is -1.06. The Morgan fingerprint density at radius 3 is 2.39 bits per heavy atom. The predicted octanol–water partition coefficient (Wildman–Crippen LogP) is -0.405. The quantitative estimate of drug-likeness (QED) is 0.353. The third-order valence-electron chi connectivity index (χ3n) is 5.25. The summed E-state index contributed by atoms with van der Waals surface area (Å²) in [6.45, 7) is 3.49. The number of nitrogens with one attached hydrogen (secondary N) is 2. The zero-order valence-electron chi connectivity index (χ0n) is 17.7. The normalized spacial score (nSPS) is 17.8. The van der Waals surface area contributed by atoms with Gasteiger partial charge in [-0.25, -0.2) is 4.79 Å². The van der Waals surface area contributed by atoms with Gasteiger partial charge in [0, 0.05) is 6.54 Å². The number of nitrogens with two attached hydrogens (primary N) is 1. The van der Waals surface area contributed by atoms with Crippen molar-refractivity contribution >= 4 is 23.7 Å². The molecular formula is C21H30N4O6. The number of nitrogens with zero attached hydrogens (tertiary/aromatic N) is 1. The van der Waals surface area contributed by atoms with E-state index < -0.39 is 41.8 Å². The zero-order valence-corrected chi connectivity index (χ0v) is 17.7. The Kier molecular flexibility index (Phi) is 8.38. The minimum absolute atomic E-state index is 0.108. The van der Waals surface area contributed by atoms with Crippen molar-refractivity contribution in [1.82, 2.24) is 15.5 Å². The van der Waals surface area contributed by atoms with Crippen LogP contribution in [0, 0.1) is 5.92 Å². The Labute approximate surface area is 180 Å². The van der Waals surface area contributed by atoms with E-state index in [0.29, 0.717) is 19.4 Å². The van der Waals surface area contributed by atoms with Crippen molar-refractivity contribution in [3.8, 4) is 5.75 Å². The molecule has 6 N–H and O–H groups in total. The zero-order chi connectivity index (χ0) is 23.1. The molecule has 31 heavy (non-hydrogen) atoms. The van der Waals surface area contributed by atoms with Gasteiger partial charge in [-0.15, -0.1) is 0 Å². The van der Waals surface area contributed by atoms with Crippen LogP contribution in [0.15, 0.2) is 24.3 Å². The molecule has 0 bridgehead atoms. The molecule has 170 valence electrons. The minimum Gasteiger partial charge on any atom is -0.508 e. The van der Waals surface area contributed by atoms with E-state index in [4.69, 9.17) is 5.73 Å². The van der Waals surface area contributed by atoms with Crippen molar-refractivity contribution in [2.24, 2.45) is 11.7 Å². The largest absolute Gasteiger partial charge is 0.508 e. The number of rotatable bonds is 9. The maximum absolute atomic E-state index is 12.6. The molecule has 10 nitrogen and oxygen atoms in total. The monoisotopic (exact) mass is 434 g/mol. The molecule has 1 aromatic rings. The Hall–Kier alpha value is -3.14. The molecular weight excluding hydrogens is 404 g/mol. The average molecular weight is 434 g/mol. The van der Waals surface area contributed by atoms with Gasteiger partial charge in [-0.05, 0) is 42.9 Å². The van der Waals surface area contributed by atoms with Gasteiger partial charge >= 0.3 is 5.97 Å². The summed E-state index contributed by atoms with van der Waals surface area (Å²) in [5, 5.41) is 23.6. The molecule has 0 aliphatic carbocycles. The van der Waals surface area contributed by atoms with E-state index in [1.807, 2.05) is 0 Å². The number of carbonyl (C=O) groups excluding carboxylic acids is 3. The van der Waals surface area contributed by atoms with Crippen LogP contribution in [0.1, 0.15) is 32.3 Å². The van der Waals surface area contributed by atoms with Crippen LogP contribution in [0.3, 0.4) is 0 Å². The van der Waals surface area contributed by atoms with Gasteiger partial charge in [0.25, 0.3) is 0 Å². The summed E-state index contributed by atoms with van der Waals surface area (Å²) in [7, 11) is 0. The molecule has 0 aromatic heterocycles. The fraction of sp³-hybridized carbons (Fsp3) is 0.524. The molecule has 1 fully saturated rings. The first-order valence-electron chi connectivity index (χ1n) is 10.2. The highest BCUT2D eigenvalue weighted by atomic mass is 16.4. The summed E-state index contributed by atoms with van der Waals surface area (Å²) in [6.07, 6.45) is 1.21. The molecule has 1 heterocycles. The summed E-state index contributed by atoms with van der Waals surface area (Å²) in [5.41, 5.74) is 6.72. The first-order chi connectivity index (χ1) is 14.6. The number of carbonyl (C=O) groups is 4. The van der Waals surface area contributed by atoms with E-state index in [9.17, 15) is 29.4 Å². The Morgan fingerprint density at radius 2 is 1.81 bits per heavy atom. The predicted molar refractivity (Wildman–Crippen MR) is 112 cm³/mol. The van der Waals surface area contributed by atoms with Gasteiger partial charge in [-0.2, -0.15) is 0 Å². The second-order valence-electron chi connectivity index (χ2n) is 8.01. The summed E-state index contributed by atoms with van der Waals surface area (Å²) in [5.74, 6) is -2.75. The van der Waals surface area contributed by atoms with Crippen molar-refractivity contribution in [3.63, 3.8) is 0 Å². The number of benzene rings is 1. The second kappa shape index (κ2) is 10.8. The standard InChI is InChI=1S/C21H30N4O6/c1-12(2)18(24-19(28)15(22)10-13-5-7-14(26)8-6-13)20(29)23-11-17(27)25-9-3-4-16(25)21(30)31/h5-8,12,15-16,18,26H,3-4,9-11,22H2,1-2H3,(H,23,29)(H,24,28)(H,30,31). The van der Waals surface area contributed by atoms with Crippen LogP contribution in [-0.2, 0) is 25.6 Å². The third-order valence-corrected chi connectivity index (χ3v) is 5.25. The lowest BCUT2D eigenvalue weighted by Crippen LogP contribution is -2.55. The maximum atomic E-state index is 12.6. The van der Waals surface area contributed by atoms with Crippen LogP contribution in [0.25, 0.3) is 0 Å². The van der Waals surface area contributed by atoms with Gasteiger partial charge in [0.05, 0.1) is 12.6 Å². The number of aliphatic carboxylic acids is 1. The highest BCUT2D eigenvalue weighted by molar-refractivity contribution is 5.93. The van der Waals surface area contributed by atoms with Gasteiger partial charge in [0.2, 0.25) is 17.7 Å². The van der Waals surface area contributed by atoms with E-state index in [2.05, 4.69) is 10.6 Å². The van der Waals surface area contributed by atoms with Gasteiger partial charge in [0.15, 0.2) is 0 Å². The van der Waals surface area contributed by atoms with Crippen LogP contribution in [0.2, 0.25) is 0 Å². The van der Waals surface area contributed by atoms with E-state index in [1.165, 1.54) is 17.0 Å². The maximum Gasteiger partial charge on any atom is 0.326 e. The van der Waals surface area contributed by atoms with Crippen molar-refractivity contribution in [2.45, 2.75) is 51.2 Å². The highest BCUT2D eigenvalue weighted by Gasteiger charge is 2.34. The summed E-state index contributed by atoms with van der Waals surface area (Å²) >= 11 is 0. The summed E-state index contributed by atoms with van der Waals surface area (Å²) < 4.78 is 0. The number of likely N-dealkylation sites (tertiary alicyclic amines) is 1. The van der Waals surface area contributed by atoms with Crippen molar-refractivity contribution in [2.75, 3.05) is 13.1 Å². The number of hydrogen-bond acceptors (Lipinski definition) is 6. The molecule has 3 amide bonds. The molecule has 0 radical (unpaired) electrons. The fourth-order valence-corrected chi connectivity index (χ4v) is 3.47. The number of carboxylic acids is 1. The first kappa shape index (κ1) is 24.1. The Bertz CT molecular complexity index is 811. The van der Waals surface area contributed by atoms with Crippen LogP contribution < -0.4 is 16.4 Å². The van der Waals surface area contributed by atoms with Gasteiger partial charge in [0.1, 0.15) is 17.8 Å². The Balaban J connectivity index is 1.90. The lowest BCUT2D eigenvalue weighted by atomic mass is 10.0. The van der Waals surface area contributed by atoms with Crippen LogP contribution in [-0.4, -0.2) is 70.0 Å². The summed E-state index contributed by atoms with van der Waals surface area (Å²) in [4.78, 5) is 49.9. The molecule has 1 saturated heterocycles. The first-order valence-corrected chi connectivity index (χ1v) is 10.2. The number of aromatic hydroxyl groups is 1. The van der Waals surface area contributed by atoms with E-state index in [1.54, 1.807) is 26.0 Å². The highest BCUT2D eigenvalue weighted by Crippen LogP contribution is 2.17. The molecule has 1 aliphatic heterocycles. The van der Waals surface area contributed by atoms with Gasteiger partial charge < -0.3 is 31.5 Å². The summed E-state index contributed by atoms with van der Waals surface area (Å²) in [6, 6.07) is 3.63. The van der Waals surface area contributed by atoms with E-state index >= 15 is 0 Å². The van der Waals surface area contributed by atoms with Crippen molar-refractivity contribution in [3.05, 3.63) is 29.8 Å². The lowest BCUT2D eigenvalue weighted by molar-refractivity contribution is -0.148. The smallest absolute Gasteiger partial charge is 0.326 e. The van der Waals surface area contributed by atoms with Crippen LogP contribution in [0.4, 0.5) is 0 Å². The molecule has 3 atom stereocenters. The van der Waals surface area contributed by atoms with Crippen molar-refractivity contribution in [1.29, 1.82) is 0 Å².